The van der Waals surface area contributed by atoms with E-state index in [2.05, 4.69) is 5.43 Å². The summed E-state index contributed by atoms with van der Waals surface area (Å²) in [7, 11) is 0. The van der Waals surface area contributed by atoms with Crippen LogP contribution in [0.5, 0.6) is 0 Å². The highest BCUT2D eigenvalue weighted by atomic mass is 19.4. The van der Waals surface area contributed by atoms with Gasteiger partial charge in [-0.05, 0) is 61.8 Å². The lowest BCUT2D eigenvalue weighted by atomic mass is 9.76. The average Bonchev–Trinajstić information content (AvgIpc) is 2.41. The third-order valence-electron chi connectivity index (χ3n) is 4.45. The maximum absolute atomic E-state index is 13.2. The van der Waals surface area contributed by atoms with Crippen LogP contribution in [0.2, 0.25) is 0 Å². The first-order valence-electron chi connectivity index (χ1n) is 7.11. The zero-order chi connectivity index (χ0) is 15.6. The smallest absolute Gasteiger partial charge is 0.271 e. The summed E-state index contributed by atoms with van der Waals surface area (Å²) < 4.78 is 51.3. The van der Waals surface area contributed by atoms with E-state index in [1.165, 1.54) is 12.1 Å². The fourth-order valence-corrected chi connectivity index (χ4v) is 3.25. The van der Waals surface area contributed by atoms with Crippen LogP contribution in [0.4, 0.5) is 17.6 Å². The normalized spacial score (nSPS) is 24.9. The van der Waals surface area contributed by atoms with Crippen LogP contribution in [0.25, 0.3) is 0 Å². The maximum Gasteiger partial charge on any atom is 0.391 e. The van der Waals surface area contributed by atoms with Crippen LogP contribution in [0.1, 0.15) is 42.9 Å². The summed E-state index contributed by atoms with van der Waals surface area (Å²) >= 11 is 0. The summed E-state index contributed by atoms with van der Waals surface area (Å²) in [5, 5.41) is 0. The lowest BCUT2D eigenvalue weighted by molar-refractivity contribution is -0.184. The second kappa shape index (κ2) is 6.32. The zero-order valence-electron chi connectivity index (χ0n) is 11.9. The predicted molar refractivity (Wildman–Crippen MR) is 72.7 cm³/mol. The molecule has 0 saturated heterocycles. The van der Waals surface area contributed by atoms with Gasteiger partial charge in [0.2, 0.25) is 0 Å². The van der Waals surface area contributed by atoms with Crippen LogP contribution in [0.3, 0.4) is 0 Å². The molecule has 1 atom stereocenters. The number of aryl methyl sites for hydroxylation is 1. The number of nitrogens with one attached hydrogen (secondary N) is 1. The molecule has 1 aliphatic rings. The summed E-state index contributed by atoms with van der Waals surface area (Å²) in [5.41, 5.74) is 4.31. The van der Waals surface area contributed by atoms with Crippen molar-refractivity contribution in [2.75, 3.05) is 0 Å². The molecule has 0 amide bonds. The Morgan fingerprint density at radius 3 is 2.29 bits per heavy atom. The number of benzene rings is 1. The molecule has 1 saturated carbocycles. The van der Waals surface area contributed by atoms with E-state index in [0.717, 1.165) is 11.1 Å². The molecule has 118 valence electrons. The molecule has 1 fully saturated rings. The zero-order valence-corrected chi connectivity index (χ0v) is 11.9. The molecule has 0 radical (unpaired) electrons. The van der Waals surface area contributed by atoms with E-state index in [1.54, 1.807) is 13.0 Å². The van der Waals surface area contributed by atoms with E-state index in [-0.39, 0.29) is 30.6 Å². The Morgan fingerprint density at radius 2 is 1.81 bits per heavy atom. The van der Waals surface area contributed by atoms with Gasteiger partial charge in [-0.3, -0.25) is 11.3 Å². The maximum atomic E-state index is 13.2. The number of hydrazine groups is 1. The topological polar surface area (TPSA) is 38.0 Å². The van der Waals surface area contributed by atoms with Gasteiger partial charge in [0.05, 0.1) is 5.92 Å². The molecule has 1 aromatic carbocycles. The van der Waals surface area contributed by atoms with E-state index < -0.39 is 12.1 Å². The standard InChI is InChI=1S/C15H20F4N2/c1-9-8-12(16)6-7-13(9)14(21-20)10-2-4-11(5-3-10)15(17,18)19/h6-8,10-11,14,21H,2-5,20H2,1H3. The largest absolute Gasteiger partial charge is 0.391 e. The van der Waals surface area contributed by atoms with Crippen molar-refractivity contribution < 1.29 is 17.6 Å². The van der Waals surface area contributed by atoms with Crippen molar-refractivity contribution in [3.8, 4) is 0 Å². The van der Waals surface area contributed by atoms with Gasteiger partial charge in [0, 0.05) is 6.04 Å². The van der Waals surface area contributed by atoms with Crippen molar-refractivity contribution in [1.29, 1.82) is 0 Å². The van der Waals surface area contributed by atoms with Gasteiger partial charge in [0.25, 0.3) is 0 Å². The molecular weight excluding hydrogens is 284 g/mol. The third-order valence-corrected chi connectivity index (χ3v) is 4.45. The van der Waals surface area contributed by atoms with Crippen molar-refractivity contribution in [1.82, 2.24) is 5.43 Å². The summed E-state index contributed by atoms with van der Waals surface area (Å²) in [6, 6.07) is 4.19. The lowest BCUT2D eigenvalue weighted by Crippen LogP contribution is -2.37. The van der Waals surface area contributed by atoms with Crippen LogP contribution in [-0.2, 0) is 0 Å². The van der Waals surface area contributed by atoms with Gasteiger partial charge in [0.15, 0.2) is 0 Å². The molecule has 0 bridgehead atoms. The second-order valence-electron chi connectivity index (χ2n) is 5.80. The van der Waals surface area contributed by atoms with Gasteiger partial charge in [0.1, 0.15) is 5.82 Å². The van der Waals surface area contributed by atoms with Gasteiger partial charge in [-0.2, -0.15) is 13.2 Å². The summed E-state index contributed by atoms with van der Waals surface area (Å²) in [4.78, 5) is 0. The fraction of sp³-hybridized carbons (Fsp3) is 0.600. The number of halogens is 4. The Hall–Kier alpha value is -1.14. The Morgan fingerprint density at radius 1 is 1.19 bits per heavy atom. The van der Waals surface area contributed by atoms with Crippen molar-refractivity contribution in [3.63, 3.8) is 0 Å². The highest BCUT2D eigenvalue weighted by Gasteiger charge is 2.42. The monoisotopic (exact) mass is 304 g/mol. The van der Waals surface area contributed by atoms with Crippen LogP contribution < -0.4 is 11.3 Å². The van der Waals surface area contributed by atoms with Crippen molar-refractivity contribution in [2.24, 2.45) is 17.7 Å². The highest BCUT2D eigenvalue weighted by molar-refractivity contribution is 5.30. The minimum Gasteiger partial charge on any atom is -0.271 e. The second-order valence-corrected chi connectivity index (χ2v) is 5.80. The van der Waals surface area contributed by atoms with Gasteiger partial charge in [-0.15, -0.1) is 0 Å². The molecule has 0 spiro atoms. The first kappa shape index (κ1) is 16.2. The van der Waals surface area contributed by atoms with E-state index in [0.29, 0.717) is 12.8 Å². The van der Waals surface area contributed by atoms with Crippen molar-refractivity contribution in [2.45, 2.75) is 44.8 Å². The molecule has 21 heavy (non-hydrogen) atoms. The number of hydrogen-bond acceptors (Lipinski definition) is 2. The Labute approximate surface area is 121 Å². The fourth-order valence-electron chi connectivity index (χ4n) is 3.25. The Balaban J connectivity index is 2.09. The number of hydrogen-bond donors (Lipinski definition) is 2. The molecule has 1 unspecified atom stereocenters. The number of nitrogens with two attached hydrogens (primary N) is 1. The van der Waals surface area contributed by atoms with Gasteiger partial charge >= 0.3 is 6.18 Å². The van der Waals surface area contributed by atoms with Crippen LogP contribution in [-0.4, -0.2) is 6.18 Å². The molecule has 1 aliphatic carbocycles. The predicted octanol–water partition coefficient (Wildman–Crippen LogP) is 4.01. The number of alkyl halides is 3. The van der Waals surface area contributed by atoms with E-state index in [9.17, 15) is 17.6 Å². The molecule has 6 heteroatoms. The van der Waals surface area contributed by atoms with E-state index >= 15 is 0 Å². The minimum absolute atomic E-state index is 0.0396. The van der Waals surface area contributed by atoms with Gasteiger partial charge in [-0.1, -0.05) is 6.07 Å². The van der Waals surface area contributed by atoms with Crippen LogP contribution in [0, 0.1) is 24.6 Å². The van der Waals surface area contributed by atoms with Gasteiger partial charge in [-0.25, -0.2) is 4.39 Å². The first-order chi connectivity index (χ1) is 9.82. The molecule has 3 N–H and O–H groups in total. The lowest BCUT2D eigenvalue weighted by Gasteiger charge is -2.35. The molecule has 0 aliphatic heterocycles. The summed E-state index contributed by atoms with van der Waals surface area (Å²) in [5.74, 6) is 4.10. The highest BCUT2D eigenvalue weighted by Crippen LogP contribution is 2.43. The quantitative estimate of drug-likeness (QED) is 0.503. The Kier molecular flexibility index (Phi) is 4.88. The molecule has 0 aromatic heterocycles. The van der Waals surface area contributed by atoms with Crippen LogP contribution in [0.15, 0.2) is 18.2 Å². The average molecular weight is 304 g/mol. The summed E-state index contributed by atoms with van der Waals surface area (Å²) in [6.07, 6.45) is -2.91. The van der Waals surface area contributed by atoms with Gasteiger partial charge < -0.3 is 0 Å². The van der Waals surface area contributed by atoms with Crippen molar-refractivity contribution >= 4 is 0 Å². The molecule has 1 aromatic rings. The molecule has 2 rings (SSSR count). The Bertz CT molecular complexity index is 479. The molecular formula is C15H20F4N2. The van der Waals surface area contributed by atoms with E-state index in [4.69, 9.17) is 5.84 Å². The SMILES string of the molecule is Cc1cc(F)ccc1C(NN)C1CCC(C(F)(F)F)CC1. The molecule has 0 heterocycles. The summed E-state index contributed by atoms with van der Waals surface area (Å²) in [6.45, 7) is 1.78. The van der Waals surface area contributed by atoms with E-state index in [1.807, 2.05) is 0 Å². The number of rotatable bonds is 3. The minimum atomic E-state index is -4.11. The molecule has 2 nitrogen and oxygen atoms in total. The van der Waals surface area contributed by atoms with Crippen LogP contribution >= 0.6 is 0 Å². The first-order valence-corrected chi connectivity index (χ1v) is 7.11. The van der Waals surface area contributed by atoms with Crippen molar-refractivity contribution in [3.05, 3.63) is 35.1 Å². The third kappa shape index (κ3) is 3.74.